The van der Waals surface area contributed by atoms with Gasteiger partial charge in [0.05, 0.1) is 6.21 Å². The largest absolute Gasteiger partial charge is 0.386 e. The van der Waals surface area contributed by atoms with E-state index in [0.717, 1.165) is 25.7 Å². The van der Waals surface area contributed by atoms with Gasteiger partial charge in [0.15, 0.2) is 6.61 Å². The number of hydrogen-bond donors (Lipinski definition) is 2. The lowest BCUT2D eigenvalue weighted by molar-refractivity contribution is -0.124. The van der Waals surface area contributed by atoms with E-state index in [1.54, 1.807) is 12.1 Å². The number of hydrogen-bond acceptors (Lipinski definition) is 4. The van der Waals surface area contributed by atoms with E-state index in [1.807, 2.05) is 0 Å². The molecule has 1 aromatic rings. The molecule has 0 spiro atoms. The van der Waals surface area contributed by atoms with Crippen molar-refractivity contribution >= 4 is 18.2 Å². The number of oxime groups is 1. The molecular formula is C16H20FN3O3. The molecule has 1 aliphatic carbocycles. The number of carbonyl (C=O) groups is 2. The monoisotopic (exact) mass is 321 g/mol. The normalized spacial score (nSPS) is 15.3. The number of urea groups is 1. The summed E-state index contributed by atoms with van der Waals surface area (Å²) in [4.78, 5) is 27.9. The molecule has 1 aromatic carbocycles. The van der Waals surface area contributed by atoms with Gasteiger partial charge >= 0.3 is 6.03 Å². The maximum absolute atomic E-state index is 12.9. The van der Waals surface area contributed by atoms with Crippen molar-refractivity contribution in [2.24, 2.45) is 5.16 Å². The smallest absolute Gasteiger partial charge is 0.321 e. The third-order valence-corrected chi connectivity index (χ3v) is 3.51. The van der Waals surface area contributed by atoms with E-state index in [0.29, 0.717) is 5.56 Å². The zero-order chi connectivity index (χ0) is 16.5. The summed E-state index contributed by atoms with van der Waals surface area (Å²) in [6.45, 7) is -0.385. The van der Waals surface area contributed by atoms with E-state index in [2.05, 4.69) is 15.8 Å². The van der Waals surface area contributed by atoms with Crippen LogP contribution in [0.25, 0.3) is 0 Å². The highest BCUT2D eigenvalue weighted by atomic mass is 19.1. The zero-order valence-electron chi connectivity index (χ0n) is 12.8. The van der Waals surface area contributed by atoms with E-state index in [-0.39, 0.29) is 18.5 Å². The molecule has 23 heavy (non-hydrogen) atoms. The minimum Gasteiger partial charge on any atom is -0.386 e. The van der Waals surface area contributed by atoms with Gasteiger partial charge < -0.3 is 10.2 Å². The number of nitrogens with one attached hydrogen (secondary N) is 2. The summed E-state index contributed by atoms with van der Waals surface area (Å²) in [5.41, 5.74) is 0.514. The van der Waals surface area contributed by atoms with Crippen molar-refractivity contribution in [2.45, 2.75) is 38.1 Å². The van der Waals surface area contributed by atoms with E-state index >= 15 is 0 Å². The van der Waals surface area contributed by atoms with Crippen LogP contribution in [0, 0.1) is 5.82 Å². The van der Waals surface area contributed by atoms with Gasteiger partial charge in [0.1, 0.15) is 5.82 Å². The van der Waals surface area contributed by atoms with Gasteiger partial charge in [-0.1, -0.05) is 36.6 Å². The van der Waals surface area contributed by atoms with Gasteiger partial charge in [0.2, 0.25) is 0 Å². The number of carbonyl (C=O) groups excluding carboxylic acids is 2. The number of rotatable bonds is 5. The van der Waals surface area contributed by atoms with Crippen LogP contribution >= 0.6 is 0 Å². The molecule has 2 N–H and O–H groups in total. The minimum atomic E-state index is -0.588. The van der Waals surface area contributed by atoms with Crippen LogP contribution in [0.5, 0.6) is 0 Å². The predicted octanol–water partition coefficient (Wildman–Crippen LogP) is 2.33. The molecule has 0 aliphatic heterocycles. The molecule has 0 heterocycles. The highest BCUT2D eigenvalue weighted by molar-refractivity contribution is 5.95. The van der Waals surface area contributed by atoms with Crippen molar-refractivity contribution < 1.29 is 18.8 Å². The van der Waals surface area contributed by atoms with E-state index in [4.69, 9.17) is 4.84 Å². The molecule has 124 valence electrons. The average Bonchev–Trinajstić information content (AvgIpc) is 2.52. The Labute approximate surface area is 134 Å². The summed E-state index contributed by atoms with van der Waals surface area (Å²) < 4.78 is 12.9. The van der Waals surface area contributed by atoms with Gasteiger partial charge in [0.25, 0.3) is 5.91 Å². The van der Waals surface area contributed by atoms with Crippen LogP contribution in [-0.2, 0) is 9.63 Å². The molecule has 2 rings (SSSR count). The topological polar surface area (TPSA) is 79.8 Å². The molecule has 0 bridgehead atoms. The lowest BCUT2D eigenvalue weighted by Gasteiger charge is -2.22. The summed E-state index contributed by atoms with van der Waals surface area (Å²) in [7, 11) is 0. The summed E-state index contributed by atoms with van der Waals surface area (Å²) in [6.07, 6.45) is 6.55. The number of amides is 3. The van der Waals surface area contributed by atoms with Crippen LogP contribution < -0.4 is 10.6 Å². The van der Waals surface area contributed by atoms with Gasteiger partial charge in [-0.2, -0.15) is 0 Å². The molecule has 6 nitrogen and oxygen atoms in total. The van der Waals surface area contributed by atoms with Gasteiger partial charge in [-0.25, -0.2) is 9.18 Å². The molecule has 7 heteroatoms. The number of halogens is 1. The number of nitrogens with zero attached hydrogens (tertiary/aromatic N) is 1. The molecule has 0 unspecified atom stereocenters. The van der Waals surface area contributed by atoms with Crippen molar-refractivity contribution in [3.05, 3.63) is 35.6 Å². The van der Waals surface area contributed by atoms with Crippen LogP contribution in [0.15, 0.2) is 29.4 Å². The van der Waals surface area contributed by atoms with Crippen LogP contribution in [0.4, 0.5) is 9.18 Å². The molecule has 1 fully saturated rings. The van der Waals surface area contributed by atoms with E-state index < -0.39 is 11.9 Å². The first-order valence-electron chi connectivity index (χ1n) is 7.65. The van der Waals surface area contributed by atoms with Crippen molar-refractivity contribution in [3.8, 4) is 0 Å². The van der Waals surface area contributed by atoms with E-state index in [9.17, 15) is 14.0 Å². The first-order valence-corrected chi connectivity index (χ1v) is 7.65. The molecule has 0 atom stereocenters. The molecular weight excluding hydrogens is 301 g/mol. The van der Waals surface area contributed by atoms with Gasteiger partial charge in [-0.05, 0) is 30.5 Å². The van der Waals surface area contributed by atoms with Crippen LogP contribution in [-0.4, -0.2) is 30.8 Å². The third-order valence-electron chi connectivity index (χ3n) is 3.51. The number of imide groups is 1. The first kappa shape index (κ1) is 16.9. The minimum absolute atomic E-state index is 0.128. The Kier molecular flexibility index (Phi) is 6.53. The predicted molar refractivity (Wildman–Crippen MR) is 83.5 cm³/mol. The SMILES string of the molecule is O=C(CO/N=C\c1cccc(F)c1)NC(=O)NC1CCCCC1. The summed E-state index contributed by atoms with van der Waals surface area (Å²) >= 11 is 0. The Morgan fingerprint density at radius 1 is 1.30 bits per heavy atom. The number of benzene rings is 1. The van der Waals surface area contributed by atoms with Crippen LogP contribution in [0.3, 0.4) is 0 Å². The lowest BCUT2D eigenvalue weighted by atomic mass is 9.96. The fraction of sp³-hybridized carbons (Fsp3) is 0.438. The Balaban J connectivity index is 1.65. The average molecular weight is 321 g/mol. The maximum atomic E-state index is 12.9. The Morgan fingerprint density at radius 3 is 2.83 bits per heavy atom. The molecule has 1 saturated carbocycles. The van der Waals surface area contributed by atoms with Crippen LogP contribution in [0.1, 0.15) is 37.7 Å². The fourth-order valence-corrected chi connectivity index (χ4v) is 2.41. The van der Waals surface area contributed by atoms with Gasteiger partial charge in [-0.15, -0.1) is 0 Å². The Bertz CT molecular complexity index is 571. The van der Waals surface area contributed by atoms with Crippen molar-refractivity contribution in [1.82, 2.24) is 10.6 Å². The molecule has 0 radical (unpaired) electrons. The molecule has 0 saturated heterocycles. The lowest BCUT2D eigenvalue weighted by Crippen LogP contribution is -2.46. The van der Waals surface area contributed by atoms with Gasteiger partial charge in [0, 0.05) is 6.04 Å². The quantitative estimate of drug-likeness (QED) is 0.645. The Morgan fingerprint density at radius 2 is 2.09 bits per heavy atom. The van der Waals surface area contributed by atoms with Gasteiger partial charge in [-0.3, -0.25) is 10.1 Å². The second-order valence-electron chi connectivity index (χ2n) is 5.42. The zero-order valence-corrected chi connectivity index (χ0v) is 12.8. The van der Waals surface area contributed by atoms with Crippen molar-refractivity contribution in [2.75, 3.05) is 6.61 Å². The Hall–Kier alpha value is -2.44. The fourth-order valence-electron chi connectivity index (χ4n) is 2.41. The summed E-state index contributed by atoms with van der Waals surface area (Å²) in [5.74, 6) is -0.972. The van der Waals surface area contributed by atoms with E-state index in [1.165, 1.54) is 24.8 Å². The molecule has 3 amide bonds. The summed E-state index contributed by atoms with van der Waals surface area (Å²) in [6, 6.07) is 5.40. The molecule has 0 aromatic heterocycles. The summed E-state index contributed by atoms with van der Waals surface area (Å²) in [5, 5.41) is 8.51. The standard InChI is InChI=1S/C16H20FN3O3/c17-13-6-4-5-12(9-13)10-18-23-11-15(21)20-16(22)19-14-7-2-1-3-8-14/h4-6,9-10,14H,1-3,7-8,11H2,(H2,19,20,21,22)/b18-10-. The molecule has 1 aliphatic rings. The second kappa shape index (κ2) is 8.87. The van der Waals surface area contributed by atoms with Crippen molar-refractivity contribution in [1.29, 1.82) is 0 Å². The second-order valence-corrected chi connectivity index (χ2v) is 5.42. The highest BCUT2D eigenvalue weighted by Crippen LogP contribution is 2.17. The van der Waals surface area contributed by atoms with Crippen LogP contribution in [0.2, 0.25) is 0 Å². The maximum Gasteiger partial charge on any atom is 0.321 e. The first-order chi connectivity index (χ1) is 11.1. The third kappa shape index (κ3) is 6.46. The highest BCUT2D eigenvalue weighted by Gasteiger charge is 2.16. The van der Waals surface area contributed by atoms with Crippen molar-refractivity contribution in [3.63, 3.8) is 0 Å².